The quantitative estimate of drug-likeness (QED) is 0.915. The van der Waals surface area contributed by atoms with Gasteiger partial charge in [0.15, 0.2) is 0 Å². The highest BCUT2D eigenvalue weighted by Crippen LogP contribution is 2.26. The lowest BCUT2D eigenvalue weighted by molar-refractivity contribution is 0.122. The fourth-order valence-electron chi connectivity index (χ4n) is 3.41. The maximum atomic E-state index is 5.42. The average Bonchev–Trinajstić information content (AvgIpc) is 3.24. The molecule has 1 unspecified atom stereocenters. The van der Waals surface area contributed by atoms with Gasteiger partial charge in [0.2, 0.25) is 0 Å². The summed E-state index contributed by atoms with van der Waals surface area (Å²) in [5.74, 6) is 0. The summed E-state index contributed by atoms with van der Waals surface area (Å²) in [6.45, 7) is 6.06. The third-order valence-corrected chi connectivity index (χ3v) is 4.83. The molecule has 1 atom stereocenters. The Labute approximate surface area is 127 Å². The molecule has 1 aromatic rings. The molecule has 21 heavy (non-hydrogen) atoms. The van der Waals surface area contributed by atoms with Gasteiger partial charge in [0, 0.05) is 49.6 Å². The Morgan fingerprint density at radius 2 is 1.48 bits per heavy atom. The third kappa shape index (κ3) is 3.16. The lowest BCUT2D eigenvalue weighted by Gasteiger charge is -2.29. The van der Waals surface area contributed by atoms with Crippen LogP contribution in [-0.4, -0.2) is 51.5 Å². The normalized spacial score (nSPS) is 26.4. The van der Waals surface area contributed by atoms with Crippen molar-refractivity contribution >= 4 is 11.4 Å². The smallest absolute Gasteiger partial charge is 0.0642 e. The molecule has 3 aliphatic rings. The Kier molecular flexibility index (Phi) is 3.74. The van der Waals surface area contributed by atoms with Crippen molar-refractivity contribution in [2.45, 2.75) is 31.3 Å². The van der Waals surface area contributed by atoms with Crippen molar-refractivity contribution in [3.05, 3.63) is 24.3 Å². The summed E-state index contributed by atoms with van der Waals surface area (Å²) in [6.07, 6.45) is 4.04. The highest BCUT2D eigenvalue weighted by atomic mass is 16.5. The molecule has 0 spiro atoms. The molecular formula is C17H25N3O. The van der Waals surface area contributed by atoms with E-state index >= 15 is 0 Å². The molecule has 2 saturated heterocycles. The van der Waals surface area contributed by atoms with Crippen LogP contribution in [0, 0.1) is 0 Å². The van der Waals surface area contributed by atoms with E-state index in [1.165, 1.54) is 37.2 Å². The van der Waals surface area contributed by atoms with Gasteiger partial charge in [-0.3, -0.25) is 0 Å². The number of hydrogen-bond donors (Lipinski definition) is 1. The summed E-state index contributed by atoms with van der Waals surface area (Å²) in [7, 11) is 0. The molecule has 3 fully saturated rings. The molecule has 1 saturated carbocycles. The highest BCUT2D eigenvalue weighted by Gasteiger charge is 2.29. The molecule has 1 N–H and O–H groups in total. The standard InChI is InChI=1S/C17H25N3O/c1-2-14(1)18-15-7-8-20(13-15)17-5-3-16(4-6-17)19-9-11-21-12-10-19/h3-6,14-15,18H,1-2,7-13H2. The van der Waals surface area contributed by atoms with Crippen LogP contribution in [0.15, 0.2) is 24.3 Å². The summed E-state index contributed by atoms with van der Waals surface area (Å²) in [5.41, 5.74) is 2.70. The van der Waals surface area contributed by atoms with Crippen molar-refractivity contribution in [3.8, 4) is 0 Å². The summed E-state index contributed by atoms with van der Waals surface area (Å²) in [4.78, 5) is 4.93. The number of nitrogens with one attached hydrogen (secondary N) is 1. The van der Waals surface area contributed by atoms with Crippen molar-refractivity contribution in [2.24, 2.45) is 0 Å². The van der Waals surface area contributed by atoms with E-state index in [9.17, 15) is 0 Å². The third-order valence-electron chi connectivity index (χ3n) is 4.83. The van der Waals surface area contributed by atoms with E-state index in [-0.39, 0.29) is 0 Å². The summed E-state index contributed by atoms with van der Waals surface area (Å²) in [6, 6.07) is 10.6. The minimum absolute atomic E-state index is 0.691. The molecule has 0 radical (unpaired) electrons. The zero-order chi connectivity index (χ0) is 14.1. The van der Waals surface area contributed by atoms with Gasteiger partial charge in [0.25, 0.3) is 0 Å². The van der Waals surface area contributed by atoms with Crippen molar-refractivity contribution in [3.63, 3.8) is 0 Å². The van der Waals surface area contributed by atoms with Gasteiger partial charge in [0.05, 0.1) is 13.2 Å². The van der Waals surface area contributed by atoms with Gasteiger partial charge in [-0.1, -0.05) is 0 Å². The number of ether oxygens (including phenoxy) is 1. The summed E-state index contributed by atoms with van der Waals surface area (Å²) >= 11 is 0. The number of morpholine rings is 1. The Morgan fingerprint density at radius 3 is 2.14 bits per heavy atom. The molecule has 4 rings (SSSR count). The molecular weight excluding hydrogens is 262 g/mol. The topological polar surface area (TPSA) is 27.7 Å². The second kappa shape index (κ2) is 5.85. The largest absolute Gasteiger partial charge is 0.378 e. The second-order valence-electron chi connectivity index (χ2n) is 6.49. The van der Waals surface area contributed by atoms with Gasteiger partial charge >= 0.3 is 0 Å². The number of hydrogen-bond acceptors (Lipinski definition) is 4. The lowest BCUT2D eigenvalue weighted by atomic mass is 10.2. The minimum Gasteiger partial charge on any atom is -0.378 e. The summed E-state index contributed by atoms with van der Waals surface area (Å²) < 4.78 is 5.42. The molecule has 0 amide bonds. The number of nitrogens with zero attached hydrogens (tertiary/aromatic N) is 2. The number of anilines is 2. The maximum Gasteiger partial charge on any atom is 0.0642 e. The predicted octanol–water partition coefficient (Wildman–Crippen LogP) is 1.85. The first-order valence-electron chi connectivity index (χ1n) is 8.32. The Bertz CT molecular complexity index is 465. The molecule has 0 aromatic heterocycles. The predicted molar refractivity (Wildman–Crippen MR) is 86.2 cm³/mol. The van der Waals surface area contributed by atoms with E-state index < -0.39 is 0 Å². The van der Waals surface area contributed by atoms with Gasteiger partial charge in [-0.2, -0.15) is 0 Å². The van der Waals surface area contributed by atoms with Crippen molar-refractivity contribution < 1.29 is 4.74 Å². The van der Waals surface area contributed by atoms with E-state index in [1.807, 2.05) is 0 Å². The molecule has 114 valence electrons. The molecule has 2 aliphatic heterocycles. The first-order chi connectivity index (χ1) is 10.4. The zero-order valence-corrected chi connectivity index (χ0v) is 12.6. The van der Waals surface area contributed by atoms with Gasteiger partial charge < -0.3 is 19.9 Å². The summed E-state index contributed by atoms with van der Waals surface area (Å²) in [5, 5.41) is 3.75. The Balaban J connectivity index is 1.37. The fraction of sp³-hybridized carbons (Fsp3) is 0.647. The molecule has 2 heterocycles. The van der Waals surface area contributed by atoms with E-state index in [2.05, 4.69) is 39.4 Å². The van der Waals surface area contributed by atoms with E-state index in [0.717, 1.165) is 38.9 Å². The van der Waals surface area contributed by atoms with Crippen LogP contribution in [-0.2, 0) is 4.74 Å². The minimum atomic E-state index is 0.691. The first kappa shape index (κ1) is 13.4. The Hall–Kier alpha value is -1.26. The average molecular weight is 287 g/mol. The van der Waals surface area contributed by atoms with Gasteiger partial charge in [-0.25, -0.2) is 0 Å². The van der Waals surface area contributed by atoms with E-state index in [4.69, 9.17) is 4.74 Å². The first-order valence-corrected chi connectivity index (χ1v) is 8.32. The van der Waals surface area contributed by atoms with Crippen LogP contribution in [0.4, 0.5) is 11.4 Å². The van der Waals surface area contributed by atoms with Gasteiger partial charge in [-0.05, 0) is 43.5 Å². The molecule has 0 bridgehead atoms. The van der Waals surface area contributed by atoms with Crippen LogP contribution < -0.4 is 15.1 Å². The molecule has 1 aliphatic carbocycles. The highest BCUT2D eigenvalue weighted by molar-refractivity contribution is 5.57. The SMILES string of the molecule is c1cc(N2CCC(NC3CC3)C2)ccc1N1CCOCC1. The van der Waals surface area contributed by atoms with Crippen LogP contribution in [0.1, 0.15) is 19.3 Å². The second-order valence-corrected chi connectivity index (χ2v) is 6.49. The Morgan fingerprint density at radius 1 is 0.810 bits per heavy atom. The molecule has 4 heteroatoms. The monoisotopic (exact) mass is 287 g/mol. The van der Waals surface area contributed by atoms with Crippen LogP contribution in [0.25, 0.3) is 0 Å². The van der Waals surface area contributed by atoms with E-state index in [0.29, 0.717) is 6.04 Å². The van der Waals surface area contributed by atoms with Crippen molar-refractivity contribution in [1.29, 1.82) is 0 Å². The molecule has 1 aromatic carbocycles. The maximum absolute atomic E-state index is 5.42. The van der Waals surface area contributed by atoms with Crippen LogP contribution in [0.3, 0.4) is 0 Å². The van der Waals surface area contributed by atoms with E-state index in [1.54, 1.807) is 0 Å². The lowest BCUT2D eigenvalue weighted by Crippen LogP contribution is -2.36. The van der Waals surface area contributed by atoms with Crippen molar-refractivity contribution in [1.82, 2.24) is 5.32 Å². The fourth-order valence-corrected chi connectivity index (χ4v) is 3.41. The van der Waals surface area contributed by atoms with Gasteiger partial charge in [-0.15, -0.1) is 0 Å². The van der Waals surface area contributed by atoms with Crippen LogP contribution in [0.2, 0.25) is 0 Å². The number of benzene rings is 1. The van der Waals surface area contributed by atoms with Crippen LogP contribution >= 0.6 is 0 Å². The van der Waals surface area contributed by atoms with Gasteiger partial charge in [0.1, 0.15) is 0 Å². The number of rotatable bonds is 4. The van der Waals surface area contributed by atoms with Crippen molar-refractivity contribution in [2.75, 3.05) is 49.2 Å². The zero-order valence-electron chi connectivity index (χ0n) is 12.6. The van der Waals surface area contributed by atoms with Crippen LogP contribution in [0.5, 0.6) is 0 Å². The molecule has 4 nitrogen and oxygen atoms in total.